The van der Waals surface area contributed by atoms with E-state index in [0.717, 1.165) is 30.9 Å². The summed E-state index contributed by atoms with van der Waals surface area (Å²) in [6.45, 7) is 2.72. The van der Waals surface area contributed by atoms with Crippen molar-refractivity contribution in [1.82, 2.24) is 5.32 Å². The first-order valence-electron chi connectivity index (χ1n) is 9.29. The number of anilines is 1. The van der Waals surface area contributed by atoms with Crippen LogP contribution in [-0.4, -0.2) is 45.4 Å². The van der Waals surface area contributed by atoms with Crippen LogP contribution in [0.3, 0.4) is 0 Å². The molecule has 4 rings (SSSR count). The van der Waals surface area contributed by atoms with Crippen molar-refractivity contribution in [3.63, 3.8) is 0 Å². The molecule has 0 saturated carbocycles. The van der Waals surface area contributed by atoms with Gasteiger partial charge in [0.2, 0.25) is 6.10 Å². The number of rotatable bonds is 5. The van der Waals surface area contributed by atoms with E-state index in [0.29, 0.717) is 24.0 Å². The normalized spacial score (nSPS) is 21.0. The lowest BCUT2D eigenvalue weighted by molar-refractivity contribution is -0.130. The number of amides is 1. The second-order valence-corrected chi connectivity index (χ2v) is 6.88. The van der Waals surface area contributed by atoms with Gasteiger partial charge in [0, 0.05) is 19.6 Å². The fourth-order valence-electron chi connectivity index (χ4n) is 3.62. The van der Waals surface area contributed by atoms with Crippen molar-refractivity contribution in [3.05, 3.63) is 48.5 Å². The molecule has 1 saturated heterocycles. The molecular weight excluding hydrogens is 344 g/mol. The van der Waals surface area contributed by atoms with Crippen LogP contribution in [0.5, 0.6) is 17.2 Å². The number of carbonyl (C=O) groups excluding carboxylic acids is 1. The predicted molar refractivity (Wildman–Crippen MR) is 103 cm³/mol. The molecule has 1 N–H and O–H groups in total. The fraction of sp³-hybridized carbons (Fsp3) is 0.381. The molecule has 2 heterocycles. The maximum atomic E-state index is 12.5. The molecule has 0 bridgehead atoms. The summed E-state index contributed by atoms with van der Waals surface area (Å²) in [5, 5.41) is 3.02. The van der Waals surface area contributed by atoms with Gasteiger partial charge in [-0.15, -0.1) is 0 Å². The highest BCUT2D eigenvalue weighted by molar-refractivity contribution is 5.81. The topological polar surface area (TPSA) is 60.0 Å². The summed E-state index contributed by atoms with van der Waals surface area (Å²) in [5.41, 5.74) is 1.11. The van der Waals surface area contributed by atoms with Crippen molar-refractivity contribution < 1.29 is 19.0 Å². The van der Waals surface area contributed by atoms with Crippen LogP contribution in [0.2, 0.25) is 0 Å². The summed E-state index contributed by atoms with van der Waals surface area (Å²) in [7, 11) is 1.69. The number of nitrogens with one attached hydrogen (secondary N) is 1. The highest BCUT2D eigenvalue weighted by Crippen LogP contribution is 2.32. The predicted octanol–water partition coefficient (Wildman–Crippen LogP) is 2.48. The largest absolute Gasteiger partial charge is 0.495 e. The minimum absolute atomic E-state index is 0.125. The molecule has 2 aliphatic heterocycles. The number of methoxy groups -OCH3 is 1. The Bertz CT molecular complexity index is 810. The van der Waals surface area contributed by atoms with Gasteiger partial charge in [0.05, 0.1) is 12.8 Å². The Hall–Kier alpha value is -2.89. The Balaban J connectivity index is 1.29. The third-order valence-electron chi connectivity index (χ3n) is 5.08. The maximum Gasteiger partial charge on any atom is 0.264 e. The van der Waals surface area contributed by atoms with Crippen molar-refractivity contribution in [2.24, 2.45) is 5.92 Å². The van der Waals surface area contributed by atoms with Crippen LogP contribution in [-0.2, 0) is 4.79 Å². The van der Waals surface area contributed by atoms with Crippen LogP contribution in [0.15, 0.2) is 48.5 Å². The lowest BCUT2D eigenvalue weighted by Crippen LogP contribution is -2.45. The van der Waals surface area contributed by atoms with Gasteiger partial charge in [0.1, 0.15) is 12.4 Å². The Morgan fingerprint density at radius 3 is 2.81 bits per heavy atom. The molecule has 2 aliphatic rings. The minimum Gasteiger partial charge on any atom is -0.495 e. The molecule has 1 amide bonds. The van der Waals surface area contributed by atoms with E-state index in [1.165, 1.54) is 0 Å². The zero-order valence-corrected chi connectivity index (χ0v) is 15.4. The molecule has 2 aromatic carbocycles. The van der Waals surface area contributed by atoms with Crippen molar-refractivity contribution >= 4 is 11.6 Å². The number of para-hydroxylation sites is 4. The van der Waals surface area contributed by atoms with Crippen LogP contribution < -0.4 is 24.4 Å². The van der Waals surface area contributed by atoms with Crippen LogP contribution in [0.4, 0.5) is 5.69 Å². The standard InChI is InChI=1S/C21H24N2O4/c1-25-17-7-3-2-6-16(17)23-11-10-15(13-23)12-22-21(24)20-14-26-18-8-4-5-9-19(18)27-20/h2-9,15,20H,10-14H2,1H3,(H,22,24)/t15-,20+/m0/s1. The number of fused-ring (bicyclic) bond motifs is 1. The molecule has 2 atom stereocenters. The van der Waals surface area contributed by atoms with Gasteiger partial charge in [-0.3, -0.25) is 4.79 Å². The van der Waals surface area contributed by atoms with Gasteiger partial charge in [-0.05, 0) is 36.6 Å². The van der Waals surface area contributed by atoms with Gasteiger partial charge in [0.15, 0.2) is 11.5 Å². The van der Waals surface area contributed by atoms with Gasteiger partial charge in [0.25, 0.3) is 5.91 Å². The van der Waals surface area contributed by atoms with Crippen molar-refractivity contribution in [2.75, 3.05) is 38.3 Å². The molecule has 27 heavy (non-hydrogen) atoms. The van der Waals surface area contributed by atoms with Gasteiger partial charge < -0.3 is 24.4 Å². The fourth-order valence-corrected chi connectivity index (χ4v) is 3.62. The van der Waals surface area contributed by atoms with E-state index < -0.39 is 6.10 Å². The number of carbonyl (C=O) groups is 1. The van der Waals surface area contributed by atoms with Gasteiger partial charge in [-0.1, -0.05) is 24.3 Å². The smallest absolute Gasteiger partial charge is 0.264 e. The Morgan fingerprint density at radius 2 is 1.96 bits per heavy atom. The number of hydrogen-bond donors (Lipinski definition) is 1. The molecule has 0 spiro atoms. The summed E-state index contributed by atoms with van der Waals surface area (Å²) < 4.78 is 16.8. The molecule has 6 nitrogen and oxygen atoms in total. The van der Waals surface area contributed by atoms with E-state index in [2.05, 4.69) is 16.3 Å². The maximum absolute atomic E-state index is 12.5. The summed E-state index contributed by atoms with van der Waals surface area (Å²) >= 11 is 0. The van der Waals surface area contributed by atoms with E-state index >= 15 is 0 Å². The first-order chi connectivity index (χ1) is 13.2. The van der Waals surface area contributed by atoms with Gasteiger partial charge >= 0.3 is 0 Å². The molecule has 2 aromatic rings. The molecule has 0 aliphatic carbocycles. The molecule has 0 unspecified atom stereocenters. The number of hydrogen-bond acceptors (Lipinski definition) is 5. The van der Waals surface area contributed by atoms with E-state index in [-0.39, 0.29) is 12.5 Å². The number of benzene rings is 2. The van der Waals surface area contributed by atoms with Crippen LogP contribution in [0, 0.1) is 5.92 Å². The number of nitrogens with zero attached hydrogens (tertiary/aromatic N) is 1. The van der Waals surface area contributed by atoms with Gasteiger partial charge in [-0.2, -0.15) is 0 Å². The van der Waals surface area contributed by atoms with E-state index in [1.807, 2.05) is 42.5 Å². The van der Waals surface area contributed by atoms with Crippen molar-refractivity contribution in [3.8, 4) is 17.2 Å². The zero-order valence-electron chi connectivity index (χ0n) is 15.4. The second-order valence-electron chi connectivity index (χ2n) is 6.88. The van der Waals surface area contributed by atoms with Crippen molar-refractivity contribution in [1.29, 1.82) is 0 Å². The summed E-state index contributed by atoms with van der Waals surface area (Å²) in [4.78, 5) is 14.8. The monoisotopic (exact) mass is 368 g/mol. The van der Waals surface area contributed by atoms with Gasteiger partial charge in [-0.25, -0.2) is 0 Å². The lowest BCUT2D eigenvalue weighted by atomic mass is 10.1. The SMILES string of the molecule is COc1ccccc1N1CC[C@@H](CNC(=O)[C@H]2COc3ccccc3O2)C1. The molecular formula is C21H24N2O4. The molecule has 0 aromatic heterocycles. The summed E-state index contributed by atoms with van der Waals surface area (Å²) in [6, 6.07) is 15.5. The third-order valence-corrected chi connectivity index (χ3v) is 5.08. The number of ether oxygens (including phenoxy) is 3. The molecule has 0 radical (unpaired) electrons. The third kappa shape index (κ3) is 3.79. The minimum atomic E-state index is -0.605. The first-order valence-corrected chi connectivity index (χ1v) is 9.29. The zero-order chi connectivity index (χ0) is 18.6. The lowest BCUT2D eigenvalue weighted by Gasteiger charge is -2.26. The van der Waals surface area contributed by atoms with E-state index in [4.69, 9.17) is 14.2 Å². The van der Waals surface area contributed by atoms with Crippen molar-refractivity contribution in [2.45, 2.75) is 12.5 Å². The average molecular weight is 368 g/mol. The molecule has 6 heteroatoms. The van der Waals surface area contributed by atoms with E-state index in [9.17, 15) is 4.79 Å². The van der Waals surface area contributed by atoms with E-state index in [1.54, 1.807) is 7.11 Å². The molecule has 142 valence electrons. The summed E-state index contributed by atoms with van der Waals surface area (Å²) in [5.74, 6) is 2.46. The molecule has 1 fully saturated rings. The Kier molecular flexibility index (Phi) is 5.05. The first kappa shape index (κ1) is 17.5. The second kappa shape index (κ2) is 7.78. The average Bonchev–Trinajstić information content (AvgIpc) is 3.20. The summed E-state index contributed by atoms with van der Waals surface area (Å²) in [6.07, 6.45) is 0.426. The highest BCUT2D eigenvalue weighted by Gasteiger charge is 2.29. The highest BCUT2D eigenvalue weighted by atomic mass is 16.6. The quantitative estimate of drug-likeness (QED) is 0.879. The Morgan fingerprint density at radius 1 is 1.19 bits per heavy atom. The van der Waals surface area contributed by atoms with Crippen LogP contribution in [0.25, 0.3) is 0 Å². The van der Waals surface area contributed by atoms with Crippen LogP contribution >= 0.6 is 0 Å². The van der Waals surface area contributed by atoms with Crippen LogP contribution in [0.1, 0.15) is 6.42 Å². The Labute approximate surface area is 159 Å².